The van der Waals surface area contributed by atoms with Crippen molar-refractivity contribution in [2.45, 2.75) is 76.3 Å². The quantitative estimate of drug-likeness (QED) is 0.568. The summed E-state index contributed by atoms with van der Waals surface area (Å²) in [6.45, 7) is 1.13. The van der Waals surface area contributed by atoms with Crippen molar-refractivity contribution >= 4 is 23.8 Å². The van der Waals surface area contributed by atoms with Crippen LogP contribution >= 0.6 is 0 Å². The van der Waals surface area contributed by atoms with Gasteiger partial charge in [-0.2, -0.15) is 0 Å². The van der Waals surface area contributed by atoms with E-state index in [1.807, 2.05) is 6.92 Å². The number of urea groups is 1. The van der Waals surface area contributed by atoms with Crippen LogP contribution in [-0.4, -0.2) is 65.4 Å². The maximum atomic E-state index is 12.9. The lowest BCUT2D eigenvalue weighted by Gasteiger charge is -2.36. The number of ether oxygens (including phenoxy) is 1. The summed E-state index contributed by atoms with van der Waals surface area (Å²) in [5, 5.41) is 2.80. The average molecular weight is 393 g/mol. The van der Waals surface area contributed by atoms with E-state index in [2.05, 4.69) is 5.32 Å². The molecule has 0 unspecified atom stereocenters. The van der Waals surface area contributed by atoms with Gasteiger partial charge in [-0.05, 0) is 31.6 Å². The SMILES string of the molecule is C[C@H]1CCCC[C@@]12NC(=O)N(CC(=O)OCC(=O)N(C)C1CCCCC1)C2=O. The van der Waals surface area contributed by atoms with Crippen LogP contribution < -0.4 is 5.32 Å². The van der Waals surface area contributed by atoms with Crippen molar-refractivity contribution in [2.24, 2.45) is 5.92 Å². The van der Waals surface area contributed by atoms with Gasteiger partial charge in [0.15, 0.2) is 6.61 Å². The monoisotopic (exact) mass is 393 g/mol. The molecule has 1 aliphatic heterocycles. The zero-order chi connectivity index (χ0) is 20.3. The van der Waals surface area contributed by atoms with Crippen molar-refractivity contribution in [2.75, 3.05) is 20.2 Å². The lowest BCUT2D eigenvalue weighted by atomic mass is 9.73. The topological polar surface area (TPSA) is 96.0 Å². The van der Waals surface area contributed by atoms with Crippen LogP contribution in [0.25, 0.3) is 0 Å². The molecular weight excluding hydrogens is 362 g/mol. The molecule has 1 saturated heterocycles. The number of carbonyl (C=O) groups is 4. The van der Waals surface area contributed by atoms with Crippen molar-refractivity contribution in [3.8, 4) is 0 Å². The molecule has 8 heteroatoms. The molecule has 3 rings (SSSR count). The molecule has 28 heavy (non-hydrogen) atoms. The van der Waals surface area contributed by atoms with Gasteiger partial charge in [0.25, 0.3) is 11.8 Å². The van der Waals surface area contributed by atoms with Crippen LogP contribution in [0, 0.1) is 5.92 Å². The van der Waals surface area contributed by atoms with Gasteiger partial charge >= 0.3 is 12.0 Å². The molecule has 156 valence electrons. The summed E-state index contributed by atoms with van der Waals surface area (Å²) in [6.07, 6.45) is 8.71. The first-order valence-electron chi connectivity index (χ1n) is 10.4. The van der Waals surface area contributed by atoms with E-state index in [0.717, 1.165) is 49.8 Å². The highest BCUT2D eigenvalue weighted by Crippen LogP contribution is 2.38. The number of rotatable bonds is 5. The van der Waals surface area contributed by atoms with Crippen molar-refractivity contribution in [1.29, 1.82) is 0 Å². The van der Waals surface area contributed by atoms with Crippen molar-refractivity contribution in [1.82, 2.24) is 15.1 Å². The predicted molar refractivity (Wildman–Crippen MR) is 101 cm³/mol. The number of nitrogens with zero attached hydrogens (tertiary/aromatic N) is 2. The van der Waals surface area contributed by atoms with Crippen molar-refractivity contribution in [3.63, 3.8) is 0 Å². The second kappa shape index (κ2) is 8.49. The Morgan fingerprint density at radius 2 is 1.82 bits per heavy atom. The molecule has 2 aliphatic carbocycles. The summed E-state index contributed by atoms with van der Waals surface area (Å²) < 4.78 is 5.07. The summed E-state index contributed by atoms with van der Waals surface area (Å²) in [6, 6.07) is -0.361. The van der Waals surface area contributed by atoms with E-state index in [1.54, 1.807) is 11.9 Å². The molecule has 0 radical (unpaired) electrons. The van der Waals surface area contributed by atoms with Gasteiger partial charge in [-0.1, -0.05) is 39.0 Å². The number of amides is 4. The van der Waals surface area contributed by atoms with Gasteiger partial charge in [0.2, 0.25) is 0 Å². The summed E-state index contributed by atoms with van der Waals surface area (Å²) >= 11 is 0. The molecule has 0 aromatic carbocycles. The Balaban J connectivity index is 1.51. The van der Waals surface area contributed by atoms with Gasteiger partial charge in [0.05, 0.1) is 0 Å². The van der Waals surface area contributed by atoms with Crippen LogP contribution in [0.2, 0.25) is 0 Å². The molecular formula is C20H31N3O5. The van der Waals surface area contributed by atoms with E-state index in [0.29, 0.717) is 6.42 Å². The Labute approximate surface area is 165 Å². The number of carbonyl (C=O) groups excluding carboxylic acids is 4. The van der Waals surface area contributed by atoms with Gasteiger partial charge in [-0.3, -0.25) is 19.3 Å². The van der Waals surface area contributed by atoms with Gasteiger partial charge in [0.1, 0.15) is 12.1 Å². The summed E-state index contributed by atoms with van der Waals surface area (Å²) in [7, 11) is 1.73. The van der Waals surface area contributed by atoms with E-state index in [-0.39, 0.29) is 30.4 Å². The van der Waals surface area contributed by atoms with E-state index in [1.165, 1.54) is 6.42 Å². The van der Waals surface area contributed by atoms with Crippen LogP contribution in [0.4, 0.5) is 4.79 Å². The van der Waals surface area contributed by atoms with Crippen LogP contribution in [0.3, 0.4) is 0 Å². The normalized spacial score (nSPS) is 28.4. The standard InChI is InChI=1S/C20H31N3O5/c1-14-8-6-7-11-20(14)18(26)23(19(27)21-20)12-17(25)28-13-16(24)22(2)15-9-4-3-5-10-15/h14-15H,3-13H2,1-2H3,(H,21,27)/t14-,20+/m0/s1. The fourth-order valence-corrected chi connectivity index (χ4v) is 4.73. The molecule has 3 fully saturated rings. The summed E-state index contributed by atoms with van der Waals surface area (Å²) in [5.41, 5.74) is -0.896. The third kappa shape index (κ3) is 4.00. The first-order valence-corrected chi connectivity index (χ1v) is 10.4. The maximum Gasteiger partial charge on any atom is 0.326 e. The number of likely N-dealkylation sites (N-methyl/N-ethyl adjacent to an activating group) is 1. The molecule has 0 aromatic rings. The third-order valence-corrected chi connectivity index (χ3v) is 6.66. The minimum absolute atomic E-state index is 0.0319. The highest BCUT2D eigenvalue weighted by molar-refractivity contribution is 6.09. The first kappa shape index (κ1) is 20.6. The second-order valence-corrected chi connectivity index (χ2v) is 8.40. The largest absolute Gasteiger partial charge is 0.454 e. The zero-order valence-electron chi connectivity index (χ0n) is 16.9. The van der Waals surface area contributed by atoms with Crippen molar-refractivity contribution in [3.05, 3.63) is 0 Å². The lowest BCUT2D eigenvalue weighted by molar-refractivity contribution is -0.154. The van der Waals surface area contributed by atoms with Crippen LogP contribution in [0.1, 0.15) is 64.7 Å². The first-order chi connectivity index (χ1) is 13.3. The van der Waals surface area contributed by atoms with Gasteiger partial charge in [0, 0.05) is 13.1 Å². The molecule has 2 saturated carbocycles. The minimum atomic E-state index is -0.896. The van der Waals surface area contributed by atoms with E-state index < -0.39 is 24.1 Å². The minimum Gasteiger partial charge on any atom is -0.454 e. The number of hydrogen-bond acceptors (Lipinski definition) is 5. The fraction of sp³-hybridized carbons (Fsp3) is 0.800. The molecule has 1 N–H and O–H groups in total. The van der Waals surface area contributed by atoms with E-state index in [9.17, 15) is 19.2 Å². The van der Waals surface area contributed by atoms with Crippen LogP contribution in [-0.2, 0) is 19.1 Å². The second-order valence-electron chi connectivity index (χ2n) is 8.40. The lowest BCUT2D eigenvalue weighted by Crippen LogP contribution is -2.54. The van der Waals surface area contributed by atoms with E-state index in [4.69, 9.17) is 4.74 Å². The highest BCUT2D eigenvalue weighted by Gasteiger charge is 2.55. The van der Waals surface area contributed by atoms with Crippen LogP contribution in [0.5, 0.6) is 0 Å². The summed E-state index contributed by atoms with van der Waals surface area (Å²) in [4.78, 5) is 52.2. The smallest absolute Gasteiger partial charge is 0.326 e. The molecule has 8 nitrogen and oxygen atoms in total. The fourth-order valence-electron chi connectivity index (χ4n) is 4.73. The summed E-state index contributed by atoms with van der Waals surface area (Å²) in [5.74, 6) is -1.32. The van der Waals surface area contributed by atoms with E-state index >= 15 is 0 Å². The predicted octanol–water partition coefficient (Wildman–Crippen LogP) is 1.82. The number of hydrogen-bond donors (Lipinski definition) is 1. The Bertz CT molecular complexity index is 646. The molecule has 0 aromatic heterocycles. The highest BCUT2D eigenvalue weighted by atomic mass is 16.5. The molecule has 0 bridgehead atoms. The molecule has 2 atom stereocenters. The maximum absolute atomic E-state index is 12.9. The Morgan fingerprint density at radius 3 is 2.50 bits per heavy atom. The molecule has 1 spiro atoms. The Hall–Kier alpha value is -2.12. The van der Waals surface area contributed by atoms with Gasteiger partial charge in [-0.15, -0.1) is 0 Å². The molecule has 4 amide bonds. The molecule has 3 aliphatic rings. The average Bonchev–Trinajstić information content (AvgIpc) is 2.93. The van der Waals surface area contributed by atoms with Gasteiger partial charge < -0.3 is 15.0 Å². The van der Waals surface area contributed by atoms with Crippen LogP contribution in [0.15, 0.2) is 0 Å². The van der Waals surface area contributed by atoms with Crippen molar-refractivity contribution < 1.29 is 23.9 Å². The third-order valence-electron chi connectivity index (χ3n) is 6.66. The Morgan fingerprint density at radius 1 is 1.14 bits per heavy atom. The number of imide groups is 1. The number of esters is 1. The number of nitrogens with one attached hydrogen (secondary N) is 1. The zero-order valence-corrected chi connectivity index (χ0v) is 16.9. The molecule has 1 heterocycles. The Kier molecular flexibility index (Phi) is 6.25. The van der Waals surface area contributed by atoms with Gasteiger partial charge in [-0.25, -0.2) is 4.79 Å².